The van der Waals surface area contributed by atoms with Crippen LogP contribution in [0.15, 0.2) is 24.5 Å². The van der Waals surface area contributed by atoms with Gasteiger partial charge in [0.1, 0.15) is 0 Å². The Morgan fingerprint density at radius 1 is 1.30 bits per heavy atom. The smallest absolute Gasteiger partial charge is 0.227 e. The lowest BCUT2D eigenvalue weighted by Gasteiger charge is -2.31. The van der Waals surface area contributed by atoms with E-state index in [-0.39, 0.29) is 17.4 Å². The number of nitrogens with zero attached hydrogens (tertiary/aromatic N) is 1. The standard InChI is InChI=1S/C16H25N3O/c1-13(14-6-10-18-11-7-14)19-15(20)16(12-17)8-4-2-3-5-9-16/h6-7,10-11,13H,2-5,8-9,12,17H2,1H3,(H,19,20). The zero-order valence-corrected chi connectivity index (χ0v) is 12.3. The molecule has 0 spiro atoms. The summed E-state index contributed by atoms with van der Waals surface area (Å²) in [6, 6.07) is 3.87. The molecule has 1 aromatic heterocycles. The number of amides is 1. The highest BCUT2D eigenvalue weighted by Crippen LogP contribution is 2.35. The van der Waals surface area contributed by atoms with Crippen molar-refractivity contribution in [1.29, 1.82) is 0 Å². The van der Waals surface area contributed by atoms with E-state index in [0.29, 0.717) is 6.54 Å². The van der Waals surface area contributed by atoms with Gasteiger partial charge in [0, 0.05) is 18.9 Å². The summed E-state index contributed by atoms with van der Waals surface area (Å²) in [7, 11) is 0. The van der Waals surface area contributed by atoms with Gasteiger partial charge in [0.05, 0.1) is 11.5 Å². The summed E-state index contributed by atoms with van der Waals surface area (Å²) >= 11 is 0. The largest absolute Gasteiger partial charge is 0.349 e. The fourth-order valence-electron chi connectivity index (χ4n) is 3.01. The predicted molar refractivity (Wildman–Crippen MR) is 80.0 cm³/mol. The first kappa shape index (κ1) is 15.0. The fourth-order valence-corrected chi connectivity index (χ4v) is 3.01. The summed E-state index contributed by atoms with van der Waals surface area (Å²) in [5.74, 6) is 0.117. The molecule has 1 atom stereocenters. The van der Waals surface area contributed by atoms with E-state index in [4.69, 9.17) is 5.73 Å². The molecule has 1 amide bonds. The molecule has 2 rings (SSSR count). The molecule has 1 aromatic rings. The lowest BCUT2D eigenvalue weighted by Crippen LogP contribution is -2.46. The predicted octanol–water partition coefficient (Wildman–Crippen LogP) is 2.56. The van der Waals surface area contributed by atoms with E-state index in [1.807, 2.05) is 19.1 Å². The number of nitrogens with two attached hydrogens (primary N) is 1. The minimum atomic E-state index is -0.363. The van der Waals surface area contributed by atoms with E-state index < -0.39 is 0 Å². The highest BCUT2D eigenvalue weighted by atomic mass is 16.2. The van der Waals surface area contributed by atoms with Crippen molar-refractivity contribution in [3.8, 4) is 0 Å². The van der Waals surface area contributed by atoms with Crippen LogP contribution in [0.4, 0.5) is 0 Å². The van der Waals surface area contributed by atoms with Crippen LogP contribution in [0, 0.1) is 5.41 Å². The zero-order valence-electron chi connectivity index (χ0n) is 12.3. The number of aromatic nitrogens is 1. The summed E-state index contributed by atoms with van der Waals surface area (Å²) in [6.45, 7) is 2.45. The van der Waals surface area contributed by atoms with Gasteiger partial charge >= 0.3 is 0 Å². The Morgan fingerprint density at radius 3 is 2.45 bits per heavy atom. The lowest BCUT2D eigenvalue weighted by atomic mass is 9.79. The van der Waals surface area contributed by atoms with Gasteiger partial charge in [-0.2, -0.15) is 0 Å². The number of nitrogens with one attached hydrogen (secondary N) is 1. The van der Waals surface area contributed by atoms with E-state index in [1.165, 1.54) is 12.8 Å². The summed E-state index contributed by atoms with van der Waals surface area (Å²) in [5.41, 5.74) is 6.67. The Morgan fingerprint density at radius 2 is 1.90 bits per heavy atom. The van der Waals surface area contributed by atoms with Gasteiger partial charge in [-0.15, -0.1) is 0 Å². The van der Waals surface area contributed by atoms with Crippen molar-refractivity contribution in [2.24, 2.45) is 11.1 Å². The fraction of sp³-hybridized carbons (Fsp3) is 0.625. The van der Waals surface area contributed by atoms with Crippen molar-refractivity contribution in [2.75, 3.05) is 6.54 Å². The molecule has 0 saturated heterocycles. The molecule has 1 unspecified atom stereocenters. The van der Waals surface area contributed by atoms with Gasteiger partial charge in [0.2, 0.25) is 5.91 Å². The third kappa shape index (κ3) is 3.37. The van der Waals surface area contributed by atoms with Crippen molar-refractivity contribution in [3.05, 3.63) is 30.1 Å². The second-order valence-electron chi connectivity index (χ2n) is 5.87. The van der Waals surface area contributed by atoms with Gasteiger partial charge in [0.15, 0.2) is 0 Å². The highest BCUT2D eigenvalue weighted by molar-refractivity contribution is 5.83. The summed E-state index contributed by atoms with van der Waals surface area (Å²) < 4.78 is 0. The summed E-state index contributed by atoms with van der Waals surface area (Å²) in [4.78, 5) is 16.7. The number of rotatable bonds is 4. The van der Waals surface area contributed by atoms with Crippen LogP contribution in [0.5, 0.6) is 0 Å². The van der Waals surface area contributed by atoms with Crippen LogP contribution in [0.1, 0.15) is 57.1 Å². The van der Waals surface area contributed by atoms with Gasteiger partial charge in [-0.1, -0.05) is 25.7 Å². The first-order valence-corrected chi connectivity index (χ1v) is 7.59. The molecule has 1 aliphatic rings. The molecule has 1 saturated carbocycles. The van der Waals surface area contributed by atoms with Gasteiger partial charge in [-0.3, -0.25) is 9.78 Å². The average molecular weight is 275 g/mol. The van der Waals surface area contributed by atoms with Crippen LogP contribution in [-0.2, 0) is 4.79 Å². The molecular formula is C16H25N3O. The van der Waals surface area contributed by atoms with Crippen molar-refractivity contribution < 1.29 is 4.79 Å². The molecule has 3 N–H and O–H groups in total. The maximum Gasteiger partial charge on any atom is 0.227 e. The monoisotopic (exact) mass is 275 g/mol. The quantitative estimate of drug-likeness (QED) is 0.830. The third-order valence-electron chi connectivity index (χ3n) is 4.49. The van der Waals surface area contributed by atoms with Crippen molar-refractivity contribution in [3.63, 3.8) is 0 Å². The van der Waals surface area contributed by atoms with E-state index in [2.05, 4.69) is 10.3 Å². The molecule has 4 nitrogen and oxygen atoms in total. The number of carbonyl (C=O) groups excluding carboxylic acids is 1. The second kappa shape index (κ2) is 6.84. The normalized spacial score (nSPS) is 19.9. The first-order chi connectivity index (χ1) is 9.68. The highest BCUT2D eigenvalue weighted by Gasteiger charge is 2.37. The Bertz CT molecular complexity index is 425. The summed E-state index contributed by atoms with van der Waals surface area (Å²) in [6.07, 6.45) is 9.98. The Kier molecular flexibility index (Phi) is 5.12. The average Bonchev–Trinajstić information content (AvgIpc) is 2.74. The minimum Gasteiger partial charge on any atom is -0.349 e. The van der Waals surface area contributed by atoms with Gasteiger partial charge < -0.3 is 11.1 Å². The maximum absolute atomic E-state index is 12.7. The number of hydrogen-bond donors (Lipinski definition) is 2. The topological polar surface area (TPSA) is 68.0 Å². The molecule has 0 radical (unpaired) electrons. The third-order valence-corrected chi connectivity index (χ3v) is 4.49. The first-order valence-electron chi connectivity index (χ1n) is 7.59. The molecule has 1 heterocycles. The molecule has 0 bridgehead atoms. The van der Waals surface area contributed by atoms with E-state index in [1.54, 1.807) is 12.4 Å². The maximum atomic E-state index is 12.7. The van der Waals surface area contributed by atoms with Crippen LogP contribution >= 0.6 is 0 Å². The number of pyridine rings is 1. The molecule has 1 aliphatic carbocycles. The van der Waals surface area contributed by atoms with Crippen molar-refractivity contribution in [2.45, 2.75) is 51.5 Å². The van der Waals surface area contributed by atoms with Gasteiger partial charge in [0.25, 0.3) is 0 Å². The SMILES string of the molecule is CC(NC(=O)C1(CN)CCCCCC1)c1ccncc1. The Labute approximate surface area is 121 Å². The van der Waals surface area contributed by atoms with Crippen molar-refractivity contribution >= 4 is 5.91 Å². The van der Waals surface area contributed by atoms with Gasteiger partial charge in [-0.05, 0) is 37.5 Å². The Balaban J connectivity index is 2.05. The Hall–Kier alpha value is -1.42. The van der Waals surface area contributed by atoms with E-state index >= 15 is 0 Å². The van der Waals surface area contributed by atoms with Crippen LogP contribution in [0.2, 0.25) is 0 Å². The van der Waals surface area contributed by atoms with Crippen LogP contribution in [-0.4, -0.2) is 17.4 Å². The molecule has 0 aliphatic heterocycles. The summed E-state index contributed by atoms with van der Waals surface area (Å²) in [5, 5.41) is 3.14. The number of hydrogen-bond acceptors (Lipinski definition) is 3. The molecule has 1 fully saturated rings. The van der Waals surface area contributed by atoms with Gasteiger partial charge in [-0.25, -0.2) is 0 Å². The molecular weight excluding hydrogens is 250 g/mol. The molecule has 4 heteroatoms. The lowest BCUT2D eigenvalue weighted by molar-refractivity contribution is -0.132. The van der Waals surface area contributed by atoms with Crippen LogP contribution < -0.4 is 11.1 Å². The van der Waals surface area contributed by atoms with E-state index in [0.717, 1.165) is 31.2 Å². The zero-order chi connectivity index (χ0) is 14.4. The molecule has 20 heavy (non-hydrogen) atoms. The van der Waals surface area contributed by atoms with Crippen molar-refractivity contribution in [1.82, 2.24) is 10.3 Å². The van der Waals surface area contributed by atoms with Crippen LogP contribution in [0.3, 0.4) is 0 Å². The molecule has 0 aromatic carbocycles. The second-order valence-corrected chi connectivity index (χ2v) is 5.87. The molecule has 110 valence electrons. The van der Waals surface area contributed by atoms with E-state index in [9.17, 15) is 4.79 Å². The van der Waals surface area contributed by atoms with Crippen LogP contribution in [0.25, 0.3) is 0 Å². The number of carbonyl (C=O) groups is 1. The minimum absolute atomic E-state index is 0.00261.